The van der Waals surface area contributed by atoms with E-state index in [1.807, 2.05) is 13.8 Å². The van der Waals surface area contributed by atoms with Gasteiger partial charge in [-0.15, -0.1) is 0 Å². The van der Waals surface area contributed by atoms with Crippen LogP contribution in [0.15, 0.2) is 0 Å². The number of carbonyl (C=O) groups is 1. The highest BCUT2D eigenvalue weighted by molar-refractivity contribution is 5.75. The molecule has 0 rings (SSSR count). The fourth-order valence-corrected chi connectivity index (χ4v) is 0.939. The molecule has 1 amide bonds. The Labute approximate surface area is 80.5 Å². The second kappa shape index (κ2) is 6.89. The zero-order chi connectivity index (χ0) is 10.3. The van der Waals surface area contributed by atoms with E-state index in [4.69, 9.17) is 0 Å². The Balaban J connectivity index is 3.50. The maximum Gasteiger partial charge on any atom is 0.221 e. The molecule has 2 N–H and O–H groups in total. The normalized spacial score (nSPS) is 13.0. The standard InChI is InChI=1S/C10H21NO2/c1-4-5-6-7-9(12)11-10(13)8(2)3/h8,10,13H,4-7H2,1-3H3,(H,11,12). The van der Waals surface area contributed by atoms with Crippen molar-refractivity contribution in [3.8, 4) is 0 Å². The third kappa shape index (κ3) is 6.58. The second-order valence-corrected chi connectivity index (χ2v) is 3.71. The van der Waals surface area contributed by atoms with Crippen molar-refractivity contribution < 1.29 is 9.90 Å². The molecule has 1 unspecified atom stereocenters. The fourth-order valence-electron chi connectivity index (χ4n) is 0.939. The van der Waals surface area contributed by atoms with Gasteiger partial charge in [0.1, 0.15) is 6.23 Å². The Morgan fingerprint density at radius 3 is 2.46 bits per heavy atom. The number of carbonyl (C=O) groups excluding carboxylic acids is 1. The molecule has 0 aliphatic heterocycles. The molecular formula is C10H21NO2. The van der Waals surface area contributed by atoms with Crippen LogP contribution in [0.1, 0.15) is 46.5 Å². The Kier molecular flexibility index (Phi) is 6.59. The molecule has 0 heterocycles. The number of unbranched alkanes of at least 4 members (excludes halogenated alkanes) is 2. The third-order valence-electron chi connectivity index (χ3n) is 1.95. The number of nitrogens with one attached hydrogen (secondary N) is 1. The summed E-state index contributed by atoms with van der Waals surface area (Å²) in [7, 11) is 0. The lowest BCUT2D eigenvalue weighted by atomic mass is 10.1. The predicted molar refractivity (Wildman–Crippen MR) is 53.1 cm³/mol. The van der Waals surface area contributed by atoms with Crippen LogP contribution in [-0.4, -0.2) is 17.2 Å². The lowest BCUT2D eigenvalue weighted by Gasteiger charge is -2.15. The van der Waals surface area contributed by atoms with Crippen molar-refractivity contribution in [2.24, 2.45) is 5.92 Å². The minimum absolute atomic E-state index is 0.0466. The summed E-state index contributed by atoms with van der Waals surface area (Å²) in [6, 6.07) is 0. The summed E-state index contributed by atoms with van der Waals surface area (Å²) in [6.07, 6.45) is 2.92. The lowest BCUT2D eigenvalue weighted by molar-refractivity contribution is -0.125. The van der Waals surface area contributed by atoms with Gasteiger partial charge in [0, 0.05) is 6.42 Å². The van der Waals surface area contributed by atoms with E-state index in [2.05, 4.69) is 12.2 Å². The van der Waals surface area contributed by atoms with Gasteiger partial charge in [-0.3, -0.25) is 4.79 Å². The van der Waals surface area contributed by atoms with Crippen LogP contribution >= 0.6 is 0 Å². The van der Waals surface area contributed by atoms with Crippen LogP contribution in [-0.2, 0) is 4.79 Å². The molecule has 3 heteroatoms. The highest BCUT2D eigenvalue weighted by Gasteiger charge is 2.11. The van der Waals surface area contributed by atoms with Crippen LogP contribution in [0, 0.1) is 5.92 Å². The van der Waals surface area contributed by atoms with Gasteiger partial charge in [-0.2, -0.15) is 0 Å². The first-order chi connectivity index (χ1) is 6.07. The number of hydrogen-bond donors (Lipinski definition) is 2. The second-order valence-electron chi connectivity index (χ2n) is 3.71. The van der Waals surface area contributed by atoms with Crippen LogP contribution in [0.2, 0.25) is 0 Å². The van der Waals surface area contributed by atoms with E-state index in [0.717, 1.165) is 19.3 Å². The van der Waals surface area contributed by atoms with Gasteiger partial charge in [-0.1, -0.05) is 33.6 Å². The minimum atomic E-state index is -0.700. The third-order valence-corrected chi connectivity index (χ3v) is 1.95. The Morgan fingerprint density at radius 1 is 1.38 bits per heavy atom. The molecular weight excluding hydrogens is 166 g/mol. The summed E-state index contributed by atoms with van der Waals surface area (Å²) < 4.78 is 0. The molecule has 0 saturated heterocycles. The van der Waals surface area contributed by atoms with Crippen LogP contribution in [0.25, 0.3) is 0 Å². The fraction of sp³-hybridized carbons (Fsp3) is 0.900. The van der Waals surface area contributed by atoms with Crippen molar-refractivity contribution in [2.45, 2.75) is 52.7 Å². The topological polar surface area (TPSA) is 49.3 Å². The maximum atomic E-state index is 11.2. The van der Waals surface area contributed by atoms with Gasteiger partial charge in [0.05, 0.1) is 0 Å². The van der Waals surface area contributed by atoms with Gasteiger partial charge in [0.25, 0.3) is 0 Å². The summed E-state index contributed by atoms with van der Waals surface area (Å²) in [5.41, 5.74) is 0. The average molecular weight is 187 g/mol. The van der Waals surface area contributed by atoms with Crippen molar-refractivity contribution in [3.63, 3.8) is 0 Å². The molecule has 0 aromatic heterocycles. The minimum Gasteiger partial charge on any atom is -0.373 e. The van der Waals surface area contributed by atoms with E-state index in [9.17, 15) is 9.90 Å². The maximum absolute atomic E-state index is 11.2. The number of aliphatic hydroxyl groups excluding tert-OH is 1. The van der Waals surface area contributed by atoms with E-state index in [-0.39, 0.29) is 11.8 Å². The summed E-state index contributed by atoms with van der Waals surface area (Å²) >= 11 is 0. The molecule has 0 fully saturated rings. The van der Waals surface area contributed by atoms with Crippen LogP contribution in [0.3, 0.4) is 0 Å². The quantitative estimate of drug-likeness (QED) is 0.491. The SMILES string of the molecule is CCCCCC(=O)NC(O)C(C)C. The van der Waals surface area contributed by atoms with Gasteiger partial charge < -0.3 is 10.4 Å². The van der Waals surface area contributed by atoms with Gasteiger partial charge in [-0.25, -0.2) is 0 Å². The lowest BCUT2D eigenvalue weighted by Crippen LogP contribution is -2.38. The van der Waals surface area contributed by atoms with Gasteiger partial charge in [-0.05, 0) is 12.3 Å². The zero-order valence-corrected chi connectivity index (χ0v) is 8.84. The van der Waals surface area contributed by atoms with Crippen molar-refractivity contribution in [3.05, 3.63) is 0 Å². The average Bonchev–Trinajstić information content (AvgIpc) is 2.04. The largest absolute Gasteiger partial charge is 0.373 e. The summed E-state index contributed by atoms with van der Waals surface area (Å²) in [6.45, 7) is 5.84. The van der Waals surface area contributed by atoms with E-state index < -0.39 is 6.23 Å². The molecule has 1 atom stereocenters. The first-order valence-corrected chi connectivity index (χ1v) is 5.05. The highest BCUT2D eigenvalue weighted by atomic mass is 16.3. The molecule has 0 aromatic rings. The number of hydrogen-bond acceptors (Lipinski definition) is 2. The van der Waals surface area contributed by atoms with Gasteiger partial charge in [0.2, 0.25) is 5.91 Å². The molecule has 0 aliphatic rings. The van der Waals surface area contributed by atoms with Gasteiger partial charge in [0.15, 0.2) is 0 Å². The number of aliphatic hydroxyl groups is 1. The molecule has 0 radical (unpaired) electrons. The Bertz CT molecular complexity index is 146. The number of rotatable bonds is 6. The van der Waals surface area contributed by atoms with Crippen molar-refractivity contribution in [1.29, 1.82) is 0 Å². The molecule has 0 bridgehead atoms. The smallest absolute Gasteiger partial charge is 0.221 e. The Morgan fingerprint density at radius 2 is 2.00 bits per heavy atom. The van der Waals surface area contributed by atoms with E-state index in [1.54, 1.807) is 0 Å². The first-order valence-electron chi connectivity index (χ1n) is 5.05. The Hall–Kier alpha value is -0.570. The summed E-state index contributed by atoms with van der Waals surface area (Å²) in [4.78, 5) is 11.2. The zero-order valence-electron chi connectivity index (χ0n) is 8.84. The first kappa shape index (κ1) is 12.4. The molecule has 0 spiro atoms. The van der Waals surface area contributed by atoms with Crippen molar-refractivity contribution in [2.75, 3.05) is 0 Å². The molecule has 0 saturated carbocycles. The highest BCUT2D eigenvalue weighted by Crippen LogP contribution is 2.01. The van der Waals surface area contributed by atoms with E-state index in [1.165, 1.54) is 0 Å². The summed E-state index contributed by atoms with van der Waals surface area (Å²) in [5.74, 6) is 0.0322. The molecule has 0 aromatic carbocycles. The molecule has 0 aliphatic carbocycles. The number of amides is 1. The van der Waals surface area contributed by atoms with E-state index >= 15 is 0 Å². The monoisotopic (exact) mass is 187 g/mol. The molecule has 3 nitrogen and oxygen atoms in total. The van der Waals surface area contributed by atoms with E-state index in [0.29, 0.717) is 6.42 Å². The van der Waals surface area contributed by atoms with Crippen molar-refractivity contribution >= 4 is 5.91 Å². The molecule has 78 valence electrons. The van der Waals surface area contributed by atoms with Crippen molar-refractivity contribution in [1.82, 2.24) is 5.32 Å². The van der Waals surface area contributed by atoms with Crippen LogP contribution < -0.4 is 5.32 Å². The predicted octanol–water partition coefficient (Wildman–Crippen LogP) is 1.66. The van der Waals surface area contributed by atoms with Crippen LogP contribution in [0.4, 0.5) is 0 Å². The van der Waals surface area contributed by atoms with Gasteiger partial charge >= 0.3 is 0 Å². The van der Waals surface area contributed by atoms with Crippen LogP contribution in [0.5, 0.6) is 0 Å². The molecule has 13 heavy (non-hydrogen) atoms. The summed E-state index contributed by atoms with van der Waals surface area (Å²) in [5, 5.41) is 11.9.